The van der Waals surface area contributed by atoms with E-state index >= 15 is 0 Å². The first-order valence-corrected chi connectivity index (χ1v) is 13.3. The number of piperidine rings is 1. The molecule has 2 aromatic carbocycles. The zero-order valence-corrected chi connectivity index (χ0v) is 20.8. The van der Waals surface area contributed by atoms with Gasteiger partial charge in [-0.25, -0.2) is 13.1 Å². The number of carbonyl (C=O) groups excluding carboxylic acids is 1. The predicted octanol–water partition coefficient (Wildman–Crippen LogP) is 4.38. The van der Waals surface area contributed by atoms with Crippen LogP contribution in [0.15, 0.2) is 47.4 Å². The van der Waals surface area contributed by atoms with Crippen LogP contribution in [-0.4, -0.2) is 45.5 Å². The normalized spacial score (nSPS) is 16.6. The number of likely N-dealkylation sites (tertiary alicyclic amines) is 1. The molecule has 3 rings (SSSR count). The highest BCUT2D eigenvalue weighted by atomic mass is 32.2. The second-order valence-electron chi connectivity index (χ2n) is 9.09. The molecule has 0 bridgehead atoms. The van der Waals surface area contributed by atoms with E-state index in [1.165, 1.54) is 5.56 Å². The number of sulfonamides is 1. The van der Waals surface area contributed by atoms with Crippen LogP contribution in [0.2, 0.25) is 0 Å². The lowest BCUT2D eigenvalue weighted by atomic mass is 9.98. The van der Waals surface area contributed by atoms with Gasteiger partial charge in [-0.2, -0.15) is 0 Å². The van der Waals surface area contributed by atoms with Crippen molar-refractivity contribution in [2.24, 2.45) is 5.92 Å². The van der Waals surface area contributed by atoms with Gasteiger partial charge in [-0.3, -0.25) is 4.79 Å². The zero-order chi connectivity index (χ0) is 23.8. The molecule has 1 aliphatic heterocycles. The largest absolute Gasteiger partial charge is 0.493 e. The fourth-order valence-electron chi connectivity index (χ4n) is 4.07. The van der Waals surface area contributed by atoms with E-state index < -0.39 is 10.0 Å². The highest BCUT2D eigenvalue weighted by molar-refractivity contribution is 7.89. The topological polar surface area (TPSA) is 75.7 Å². The molecule has 1 N–H and O–H groups in total. The van der Waals surface area contributed by atoms with Crippen LogP contribution in [0.1, 0.15) is 48.8 Å². The number of carbonyl (C=O) groups is 1. The molecule has 0 aromatic heterocycles. The lowest BCUT2D eigenvalue weighted by Gasteiger charge is -2.33. The van der Waals surface area contributed by atoms with Gasteiger partial charge in [-0.05, 0) is 81.7 Å². The van der Waals surface area contributed by atoms with E-state index in [1.807, 2.05) is 31.7 Å². The summed E-state index contributed by atoms with van der Waals surface area (Å²) in [6.45, 7) is 8.31. The van der Waals surface area contributed by atoms with E-state index in [0.29, 0.717) is 26.1 Å². The SMILES string of the molecule is Cc1ccc(S(=O)(=O)NC[C@H]2CCCN(C(=O)CCCCOc3cc(C)ccc3C)C2)cc1. The lowest BCUT2D eigenvalue weighted by Crippen LogP contribution is -2.43. The van der Waals surface area contributed by atoms with E-state index in [2.05, 4.69) is 16.9 Å². The summed E-state index contributed by atoms with van der Waals surface area (Å²) in [6.07, 6.45) is 3.93. The molecule has 0 spiro atoms. The summed E-state index contributed by atoms with van der Waals surface area (Å²) in [5.41, 5.74) is 3.31. The Morgan fingerprint density at radius 1 is 1.06 bits per heavy atom. The Bertz CT molecular complexity index is 1030. The van der Waals surface area contributed by atoms with Gasteiger partial charge < -0.3 is 9.64 Å². The van der Waals surface area contributed by atoms with Crippen LogP contribution in [0, 0.1) is 26.7 Å². The number of rotatable bonds is 10. The van der Waals surface area contributed by atoms with Crippen molar-refractivity contribution in [1.29, 1.82) is 0 Å². The Labute approximate surface area is 198 Å². The summed E-state index contributed by atoms with van der Waals surface area (Å²) in [5, 5.41) is 0. The maximum atomic E-state index is 12.7. The smallest absolute Gasteiger partial charge is 0.240 e. The second kappa shape index (κ2) is 11.7. The van der Waals surface area contributed by atoms with Crippen LogP contribution < -0.4 is 9.46 Å². The number of nitrogens with one attached hydrogen (secondary N) is 1. The summed E-state index contributed by atoms with van der Waals surface area (Å²) in [5.74, 6) is 1.19. The van der Waals surface area contributed by atoms with Gasteiger partial charge in [-0.15, -0.1) is 0 Å². The molecular formula is C26H36N2O4S. The molecule has 1 atom stereocenters. The number of hydrogen-bond acceptors (Lipinski definition) is 4. The van der Waals surface area contributed by atoms with Gasteiger partial charge in [0.1, 0.15) is 5.75 Å². The van der Waals surface area contributed by atoms with Crippen LogP contribution in [0.3, 0.4) is 0 Å². The highest BCUT2D eigenvalue weighted by Crippen LogP contribution is 2.21. The molecule has 0 radical (unpaired) electrons. The van der Waals surface area contributed by atoms with Crippen molar-refractivity contribution in [2.75, 3.05) is 26.2 Å². The fourth-order valence-corrected chi connectivity index (χ4v) is 5.18. The first kappa shape index (κ1) is 25.2. The van der Waals surface area contributed by atoms with E-state index in [0.717, 1.165) is 49.1 Å². The van der Waals surface area contributed by atoms with Crippen LogP contribution in [0.4, 0.5) is 0 Å². The number of amides is 1. The molecule has 1 amide bonds. The molecule has 1 saturated heterocycles. The summed E-state index contributed by atoms with van der Waals surface area (Å²) < 4.78 is 33.7. The van der Waals surface area contributed by atoms with Gasteiger partial charge in [-0.1, -0.05) is 29.8 Å². The third-order valence-corrected chi connectivity index (χ3v) is 7.59. The van der Waals surface area contributed by atoms with E-state index in [9.17, 15) is 13.2 Å². The zero-order valence-electron chi connectivity index (χ0n) is 20.0. The minimum atomic E-state index is -3.53. The van der Waals surface area contributed by atoms with Crippen molar-refractivity contribution in [3.05, 3.63) is 59.2 Å². The third-order valence-electron chi connectivity index (χ3n) is 6.15. The van der Waals surface area contributed by atoms with Crippen molar-refractivity contribution in [2.45, 2.75) is 57.8 Å². The quantitative estimate of drug-likeness (QED) is 0.521. The number of ether oxygens (including phenoxy) is 1. The van der Waals surface area contributed by atoms with Crippen molar-refractivity contribution in [1.82, 2.24) is 9.62 Å². The van der Waals surface area contributed by atoms with Crippen molar-refractivity contribution < 1.29 is 17.9 Å². The minimum absolute atomic E-state index is 0.135. The van der Waals surface area contributed by atoms with E-state index in [-0.39, 0.29) is 16.7 Å². The number of aryl methyl sites for hydroxylation is 3. The number of nitrogens with zero attached hydrogens (tertiary/aromatic N) is 1. The minimum Gasteiger partial charge on any atom is -0.493 e. The molecule has 33 heavy (non-hydrogen) atoms. The standard InChI is InChI=1S/C26H36N2O4S/c1-20-10-13-24(14-11-20)33(30,31)27-18-23-7-6-15-28(19-23)26(29)8-4-5-16-32-25-17-21(2)9-12-22(25)3/h9-14,17,23,27H,4-8,15-16,18-19H2,1-3H3/t23-/m1/s1. The summed E-state index contributed by atoms with van der Waals surface area (Å²) in [6, 6.07) is 13.0. The Hall–Kier alpha value is -2.38. The third kappa shape index (κ3) is 7.57. The van der Waals surface area contributed by atoms with Gasteiger partial charge >= 0.3 is 0 Å². The second-order valence-corrected chi connectivity index (χ2v) is 10.9. The van der Waals surface area contributed by atoms with Gasteiger partial charge in [0.2, 0.25) is 15.9 Å². The molecule has 1 heterocycles. The molecule has 0 aliphatic carbocycles. The molecule has 2 aromatic rings. The van der Waals surface area contributed by atoms with Gasteiger partial charge in [0.05, 0.1) is 11.5 Å². The lowest BCUT2D eigenvalue weighted by molar-refractivity contribution is -0.133. The summed E-state index contributed by atoms with van der Waals surface area (Å²) in [7, 11) is -3.53. The van der Waals surface area contributed by atoms with Gasteiger partial charge in [0.15, 0.2) is 0 Å². The Kier molecular flexibility index (Phi) is 8.92. The van der Waals surface area contributed by atoms with E-state index in [4.69, 9.17) is 4.74 Å². The Morgan fingerprint density at radius 2 is 1.79 bits per heavy atom. The molecule has 0 unspecified atom stereocenters. The first-order chi connectivity index (χ1) is 15.7. The molecule has 1 fully saturated rings. The van der Waals surface area contributed by atoms with Crippen LogP contribution in [0.5, 0.6) is 5.75 Å². The van der Waals surface area contributed by atoms with Crippen LogP contribution >= 0.6 is 0 Å². The number of benzene rings is 2. The first-order valence-electron chi connectivity index (χ1n) is 11.8. The average Bonchev–Trinajstić information content (AvgIpc) is 2.80. The monoisotopic (exact) mass is 472 g/mol. The Morgan fingerprint density at radius 3 is 2.55 bits per heavy atom. The number of hydrogen-bond donors (Lipinski definition) is 1. The molecule has 6 nitrogen and oxygen atoms in total. The van der Waals surface area contributed by atoms with Crippen LogP contribution in [-0.2, 0) is 14.8 Å². The summed E-state index contributed by atoms with van der Waals surface area (Å²) >= 11 is 0. The molecule has 0 saturated carbocycles. The fraction of sp³-hybridized carbons (Fsp3) is 0.500. The predicted molar refractivity (Wildman–Crippen MR) is 131 cm³/mol. The van der Waals surface area contributed by atoms with E-state index in [1.54, 1.807) is 24.3 Å². The van der Waals surface area contributed by atoms with Gasteiger partial charge in [0, 0.05) is 26.1 Å². The Balaban J connectivity index is 1.39. The summed E-state index contributed by atoms with van der Waals surface area (Å²) in [4.78, 5) is 14.8. The molecule has 7 heteroatoms. The van der Waals surface area contributed by atoms with Gasteiger partial charge in [0.25, 0.3) is 0 Å². The average molecular weight is 473 g/mol. The van der Waals surface area contributed by atoms with Crippen LogP contribution in [0.25, 0.3) is 0 Å². The maximum Gasteiger partial charge on any atom is 0.240 e. The van der Waals surface area contributed by atoms with Crippen molar-refractivity contribution >= 4 is 15.9 Å². The molecule has 1 aliphatic rings. The molecular weight excluding hydrogens is 436 g/mol. The maximum absolute atomic E-state index is 12.7. The van der Waals surface area contributed by atoms with Crippen molar-refractivity contribution in [3.63, 3.8) is 0 Å². The molecule has 180 valence electrons. The number of unbranched alkanes of at least 4 members (excludes halogenated alkanes) is 1. The highest BCUT2D eigenvalue weighted by Gasteiger charge is 2.25. The van der Waals surface area contributed by atoms with Crippen molar-refractivity contribution in [3.8, 4) is 5.75 Å².